The van der Waals surface area contributed by atoms with Crippen molar-refractivity contribution in [1.82, 2.24) is 9.97 Å². The molecular formula is C29H22N2. The molecule has 5 rings (SSSR count). The van der Waals surface area contributed by atoms with Gasteiger partial charge >= 0.3 is 0 Å². The minimum absolute atomic E-state index is 0.873. The Bertz CT molecular complexity index is 1330. The molecule has 2 heteroatoms. The van der Waals surface area contributed by atoms with Crippen LogP contribution < -0.4 is 0 Å². The fraction of sp³-hybridized carbons (Fsp3) is 0.0345. The van der Waals surface area contributed by atoms with Crippen LogP contribution in [0.1, 0.15) is 5.56 Å². The van der Waals surface area contributed by atoms with Gasteiger partial charge in [-0.25, -0.2) is 4.98 Å². The highest BCUT2D eigenvalue weighted by atomic mass is 14.8. The summed E-state index contributed by atoms with van der Waals surface area (Å²) in [6, 6.07) is 37.6. The zero-order chi connectivity index (χ0) is 21.0. The first kappa shape index (κ1) is 19.0. The lowest BCUT2D eigenvalue weighted by atomic mass is 9.97. The van der Waals surface area contributed by atoms with Crippen molar-refractivity contribution < 1.29 is 0 Å². The van der Waals surface area contributed by atoms with Crippen molar-refractivity contribution in [2.45, 2.75) is 6.92 Å². The fourth-order valence-electron chi connectivity index (χ4n) is 3.85. The average molecular weight is 399 g/mol. The number of aryl methyl sites for hydroxylation is 1. The fourth-order valence-corrected chi connectivity index (χ4v) is 3.85. The van der Waals surface area contributed by atoms with Crippen LogP contribution in [0.3, 0.4) is 0 Å². The molecule has 0 aliphatic heterocycles. The van der Waals surface area contributed by atoms with Gasteiger partial charge in [-0.15, -0.1) is 0 Å². The summed E-state index contributed by atoms with van der Waals surface area (Å²) in [7, 11) is 0. The summed E-state index contributed by atoms with van der Waals surface area (Å²) in [5.74, 6) is 0. The van der Waals surface area contributed by atoms with E-state index in [1.54, 1.807) is 0 Å². The lowest BCUT2D eigenvalue weighted by molar-refractivity contribution is 1.21. The number of hydrogen-bond acceptors (Lipinski definition) is 2. The Morgan fingerprint density at radius 3 is 1.87 bits per heavy atom. The van der Waals surface area contributed by atoms with Crippen LogP contribution in [0, 0.1) is 6.92 Å². The van der Waals surface area contributed by atoms with Crippen molar-refractivity contribution in [3.8, 4) is 44.9 Å². The number of rotatable bonds is 4. The molecule has 1 aromatic heterocycles. The van der Waals surface area contributed by atoms with E-state index in [-0.39, 0.29) is 0 Å². The van der Waals surface area contributed by atoms with Gasteiger partial charge in [0.1, 0.15) is 0 Å². The van der Waals surface area contributed by atoms with Crippen LogP contribution in [0.15, 0.2) is 115 Å². The molecule has 0 saturated carbocycles. The van der Waals surface area contributed by atoms with E-state index in [0.29, 0.717) is 0 Å². The van der Waals surface area contributed by atoms with E-state index >= 15 is 0 Å². The second kappa shape index (κ2) is 8.37. The molecule has 1 heterocycles. The van der Waals surface area contributed by atoms with Gasteiger partial charge in [-0.3, -0.25) is 4.98 Å². The van der Waals surface area contributed by atoms with Crippen LogP contribution in [0.2, 0.25) is 0 Å². The van der Waals surface area contributed by atoms with E-state index in [9.17, 15) is 0 Å². The summed E-state index contributed by atoms with van der Waals surface area (Å²) >= 11 is 0. The molecule has 0 aliphatic carbocycles. The molecule has 31 heavy (non-hydrogen) atoms. The summed E-state index contributed by atoms with van der Waals surface area (Å²) in [6.45, 7) is 2.12. The van der Waals surface area contributed by atoms with Crippen molar-refractivity contribution in [3.05, 3.63) is 121 Å². The lowest BCUT2D eigenvalue weighted by Crippen LogP contribution is -1.97. The predicted octanol–water partition coefficient (Wildman–Crippen LogP) is 7.45. The van der Waals surface area contributed by atoms with Crippen LogP contribution in [-0.2, 0) is 0 Å². The van der Waals surface area contributed by atoms with Crippen LogP contribution in [-0.4, -0.2) is 9.97 Å². The Kier molecular flexibility index (Phi) is 5.12. The van der Waals surface area contributed by atoms with Crippen molar-refractivity contribution in [2.24, 2.45) is 0 Å². The van der Waals surface area contributed by atoms with E-state index in [0.717, 1.165) is 33.8 Å². The molecule has 0 atom stereocenters. The van der Waals surface area contributed by atoms with E-state index in [2.05, 4.69) is 91.9 Å². The quantitative estimate of drug-likeness (QED) is 0.314. The first-order valence-electron chi connectivity index (χ1n) is 10.4. The molecule has 148 valence electrons. The van der Waals surface area contributed by atoms with Gasteiger partial charge in [-0.2, -0.15) is 0 Å². The number of nitrogens with zero attached hydrogens (tertiary/aromatic N) is 2. The maximum atomic E-state index is 5.10. The van der Waals surface area contributed by atoms with Gasteiger partial charge in [-0.05, 0) is 29.7 Å². The smallest absolute Gasteiger partial charge is 0.0973 e. The van der Waals surface area contributed by atoms with Gasteiger partial charge in [0.05, 0.1) is 23.3 Å². The molecule has 0 aliphatic rings. The van der Waals surface area contributed by atoms with E-state index in [4.69, 9.17) is 9.97 Å². The number of benzene rings is 4. The molecule has 0 radical (unpaired) electrons. The Morgan fingerprint density at radius 1 is 0.516 bits per heavy atom. The summed E-state index contributed by atoms with van der Waals surface area (Å²) in [5.41, 5.74) is 9.44. The third-order valence-electron chi connectivity index (χ3n) is 5.49. The second-order valence-corrected chi connectivity index (χ2v) is 7.58. The molecule has 0 saturated heterocycles. The third-order valence-corrected chi connectivity index (χ3v) is 5.49. The third kappa shape index (κ3) is 3.88. The molecule has 0 unspecified atom stereocenters. The highest BCUT2D eigenvalue weighted by Gasteiger charge is 2.15. The average Bonchev–Trinajstić information content (AvgIpc) is 2.85. The summed E-state index contributed by atoms with van der Waals surface area (Å²) in [5, 5.41) is 0. The molecule has 4 aromatic carbocycles. The van der Waals surface area contributed by atoms with Crippen molar-refractivity contribution in [3.63, 3.8) is 0 Å². The molecular weight excluding hydrogens is 376 g/mol. The van der Waals surface area contributed by atoms with Crippen LogP contribution in [0.5, 0.6) is 0 Å². The van der Waals surface area contributed by atoms with Gasteiger partial charge in [0.25, 0.3) is 0 Å². The Hall–Kier alpha value is -4.04. The second-order valence-electron chi connectivity index (χ2n) is 7.58. The molecule has 0 amide bonds. The largest absolute Gasteiger partial charge is 0.252 e. The number of hydrogen-bond donors (Lipinski definition) is 0. The summed E-state index contributed by atoms with van der Waals surface area (Å²) in [6.07, 6.45) is 1.88. The van der Waals surface area contributed by atoms with Gasteiger partial charge in [-0.1, -0.05) is 103 Å². The molecule has 0 bridgehead atoms. The molecule has 0 fully saturated rings. The monoisotopic (exact) mass is 398 g/mol. The summed E-state index contributed by atoms with van der Waals surface area (Å²) in [4.78, 5) is 10.0. The van der Waals surface area contributed by atoms with Crippen LogP contribution >= 0.6 is 0 Å². The molecule has 2 nitrogen and oxygen atoms in total. The number of aromatic nitrogens is 2. The zero-order valence-corrected chi connectivity index (χ0v) is 17.4. The Labute approximate surface area is 182 Å². The molecule has 0 N–H and O–H groups in total. The molecule has 5 aromatic rings. The maximum absolute atomic E-state index is 5.10. The zero-order valence-electron chi connectivity index (χ0n) is 17.4. The van der Waals surface area contributed by atoms with Crippen LogP contribution in [0.4, 0.5) is 0 Å². The van der Waals surface area contributed by atoms with Gasteiger partial charge in [0.15, 0.2) is 0 Å². The van der Waals surface area contributed by atoms with E-state index in [1.807, 2.05) is 30.5 Å². The first-order valence-corrected chi connectivity index (χ1v) is 10.4. The first-order chi connectivity index (χ1) is 15.3. The Balaban J connectivity index is 1.72. The maximum Gasteiger partial charge on any atom is 0.0973 e. The van der Waals surface area contributed by atoms with Gasteiger partial charge in [0, 0.05) is 16.7 Å². The van der Waals surface area contributed by atoms with Gasteiger partial charge < -0.3 is 0 Å². The van der Waals surface area contributed by atoms with Gasteiger partial charge in [0.2, 0.25) is 0 Å². The normalized spacial score (nSPS) is 10.7. The van der Waals surface area contributed by atoms with E-state index < -0.39 is 0 Å². The lowest BCUT2D eigenvalue weighted by Gasteiger charge is -2.13. The SMILES string of the molecule is Cc1ccccc1-c1ncc(-c2ccccc2)nc1-c1cccc(-c2ccccc2)c1. The Morgan fingerprint density at radius 2 is 1.13 bits per heavy atom. The minimum Gasteiger partial charge on any atom is -0.252 e. The van der Waals surface area contributed by atoms with Crippen molar-refractivity contribution in [2.75, 3.05) is 0 Å². The van der Waals surface area contributed by atoms with Crippen molar-refractivity contribution >= 4 is 0 Å². The highest BCUT2D eigenvalue weighted by Crippen LogP contribution is 2.34. The topological polar surface area (TPSA) is 25.8 Å². The summed E-state index contributed by atoms with van der Waals surface area (Å²) < 4.78 is 0. The molecule has 0 spiro atoms. The standard InChI is InChI=1S/C29H22N2/c1-21-11-8-9-18-26(21)29-28(31-27(20-30-29)23-14-6-3-7-15-23)25-17-10-16-24(19-25)22-12-4-2-5-13-22/h2-20H,1H3. The van der Waals surface area contributed by atoms with E-state index in [1.165, 1.54) is 16.7 Å². The van der Waals surface area contributed by atoms with Crippen LogP contribution in [0.25, 0.3) is 44.9 Å². The highest BCUT2D eigenvalue weighted by molar-refractivity contribution is 5.83. The minimum atomic E-state index is 0.873. The van der Waals surface area contributed by atoms with Crippen molar-refractivity contribution in [1.29, 1.82) is 0 Å². The predicted molar refractivity (Wildman–Crippen MR) is 129 cm³/mol.